The van der Waals surface area contributed by atoms with Crippen LogP contribution in [-0.4, -0.2) is 106 Å². The topological polar surface area (TPSA) is 91.8 Å². The van der Waals surface area contributed by atoms with Crippen molar-refractivity contribution in [2.45, 2.75) is 77.6 Å². The molecule has 1 spiro atoms. The first-order valence-electron chi connectivity index (χ1n) is 16.4. The summed E-state index contributed by atoms with van der Waals surface area (Å²) in [5.74, 6) is 1.02. The Balaban J connectivity index is 1.26. The summed E-state index contributed by atoms with van der Waals surface area (Å²) in [4.78, 5) is 19.3. The van der Waals surface area contributed by atoms with E-state index in [1.165, 1.54) is 6.08 Å². The second kappa shape index (κ2) is 11.4. The fourth-order valence-corrected chi connectivity index (χ4v) is 8.68. The molecular weight excluding hydrogens is 590 g/mol. The number of halogens is 1. The smallest absolute Gasteiger partial charge is 0.246 e. The summed E-state index contributed by atoms with van der Waals surface area (Å²) in [6.07, 6.45) is 6.40. The van der Waals surface area contributed by atoms with Crippen LogP contribution in [0, 0.1) is 19.3 Å². The van der Waals surface area contributed by atoms with Gasteiger partial charge < -0.3 is 19.3 Å². The normalized spacial score (nSPS) is 30.5. The molecule has 3 atom stereocenters. The second-order valence-corrected chi connectivity index (χ2v) is 14.4. The lowest BCUT2D eigenvalue weighted by molar-refractivity contribution is -0.167. The van der Waals surface area contributed by atoms with Gasteiger partial charge in [0.15, 0.2) is 5.82 Å². The van der Waals surface area contributed by atoms with E-state index in [4.69, 9.17) is 26.2 Å². The average molecular weight is 636 g/mol. The molecule has 1 saturated carbocycles. The minimum atomic E-state index is -0.144. The zero-order valence-corrected chi connectivity index (χ0v) is 28.0. The van der Waals surface area contributed by atoms with Crippen molar-refractivity contribution in [3.05, 3.63) is 41.2 Å². The lowest BCUT2D eigenvalue weighted by Crippen LogP contribution is -2.69. The van der Waals surface area contributed by atoms with Gasteiger partial charge in [0.2, 0.25) is 5.91 Å². The van der Waals surface area contributed by atoms with Gasteiger partial charge in [0.25, 0.3) is 0 Å². The first-order chi connectivity index (χ1) is 21.6. The van der Waals surface area contributed by atoms with Gasteiger partial charge in [0, 0.05) is 66.4 Å². The largest absolute Gasteiger partial charge is 0.376 e. The Labute approximate surface area is 270 Å². The van der Waals surface area contributed by atoms with E-state index in [1.807, 2.05) is 11.1 Å². The van der Waals surface area contributed by atoms with Crippen molar-refractivity contribution >= 4 is 34.2 Å². The number of anilines is 1. The molecular formula is C34H46ClN7O3. The SMILES string of the molecule is C=CC(=O)N1CC2(CC(n3nc(N4CCN(C[C@@H]5COCCO5)C[C@]4(C)CC)c(-c4c(Cl)c(C)cc5[nH]ncc45)c3C)C2)[C@H]1C. The number of aromatic nitrogens is 4. The van der Waals surface area contributed by atoms with E-state index in [0.29, 0.717) is 19.8 Å². The van der Waals surface area contributed by atoms with E-state index in [1.54, 1.807) is 0 Å². The van der Waals surface area contributed by atoms with Crippen LogP contribution in [0.1, 0.15) is 57.3 Å². The standard InChI is InChI=1S/C34H46ClN7O3/c1-7-28(43)40-20-34(23(40)5)14-24(15-34)42-22(4)29(30-26-16-36-37-27(26)13-21(3)31(30)35)32(38-42)41-10-9-39(19-33(41,6)8-2)17-25-18-44-11-12-45-25/h7,13,16,23-25H,1,8-12,14-15,17-20H2,2-6H3,(H,36,37)/t23-,24?,25-,33+,34?/m1/s1. The van der Waals surface area contributed by atoms with E-state index >= 15 is 0 Å². The van der Waals surface area contributed by atoms with Crippen molar-refractivity contribution in [2.24, 2.45) is 5.41 Å². The summed E-state index contributed by atoms with van der Waals surface area (Å²) in [6, 6.07) is 2.55. The van der Waals surface area contributed by atoms with Crippen LogP contribution in [0.2, 0.25) is 5.02 Å². The molecule has 2 aromatic heterocycles. The van der Waals surface area contributed by atoms with Crippen LogP contribution in [0.5, 0.6) is 0 Å². The molecule has 1 aliphatic carbocycles. The van der Waals surface area contributed by atoms with Gasteiger partial charge in [-0.3, -0.25) is 19.5 Å². The van der Waals surface area contributed by atoms with E-state index in [2.05, 4.69) is 71.9 Å². The number of benzene rings is 1. The molecule has 4 aliphatic rings. The Bertz CT molecular complexity index is 1620. The highest BCUT2D eigenvalue weighted by Crippen LogP contribution is 2.59. The third-order valence-electron chi connectivity index (χ3n) is 11.4. The number of piperazine rings is 1. The van der Waals surface area contributed by atoms with Crippen molar-refractivity contribution in [1.82, 2.24) is 29.8 Å². The minimum absolute atomic E-state index is 0.0233. The summed E-state index contributed by atoms with van der Waals surface area (Å²) in [6.45, 7) is 21.1. The van der Waals surface area contributed by atoms with Crippen LogP contribution in [0.25, 0.3) is 22.0 Å². The van der Waals surface area contributed by atoms with Gasteiger partial charge in [-0.2, -0.15) is 10.2 Å². The van der Waals surface area contributed by atoms with Gasteiger partial charge in [0.05, 0.1) is 54.2 Å². The highest BCUT2D eigenvalue weighted by atomic mass is 35.5. The van der Waals surface area contributed by atoms with Crippen LogP contribution < -0.4 is 4.90 Å². The van der Waals surface area contributed by atoms with Crippen molar-refractivity contribution in [3.63, 3.8) is 0 Å². The van der Waals surface area contributed by atoms with Crippen LogP contribution in [-0.2, 0) is 14.3 Å². The Hall–Kier alpha value is -2.92. The molecule has 3 aromatic rings. The number of carbonyl (C=O) groups excluding carboxylic acids is 1. The number of hydrogen-bond donors (Lipinski definition) is 1. The number of aryl methyl sites for hydroxylation is 1. The van der Waals surface area contributed by atoms with Crippen LogP contribution >= 0.6 is 11.6 Å². The maximum atomic E-state index is 12.3. The number of aromatic amines is 1. The molecule has 5 heterocycles. The maximum absolute atomic E-state index is 12.3. The first-order valence-corrected chi connectivity index (χ1v) is 16.8. The van der Waals surface area contributed by atoms with Gasteiger partial charge in [-0.1, -0.05) is 25.1 Å². The van der Waals surface area contributed by atoms with Crippen molar-refractivity contribution < 1.29 is 14.3 Å². The van der Waals surface area contributed by atoms with Crippen LogP contribution in [0.15, 0.2) is 24.9 Å². The quantitative estimate of drug-likeness (QED) is 0.360. The van der Waals surface area contributed by atoms with Crippen molar-refractivity contribution in [3.8, 4) is 11.1 Å². The average Bonchev–Trinajstić information content (AvgIpc) is 3.61. The molecule has 10 nitrogen and oxygen atoms in total. The molecule has 45 heavy (non-hydrogen) atoms. The number of H-pyrrole nitrogens is 1. The molecule has 4 fully saturated rings. The van der Waals surface area contributed by atoms with E-state index < -0.39 is 0 Å². The third-order valence-corrected chi connectivity index (χ3v) is 11.9. The Morgan fingerprint density at radius 2 is 2.02 bits per heavy atom. The number of rotatable bonds is 7. The van der Waals surface area contributed by atoms with Gasteiger partial charge in [0.1, 0.15) is 0 Å². The summed E-state index contributed by atoms with van der Waals surface area (Å²) < 4.78 is 14.0. The van der Waals surface area contributed by atoms with E-state index in [-0.39, 0.29) is 35.0 Å². The van der Waals surface area contributed by atoms with E-state index in [0.717, 1.165) is 96.1 Å². The Morgan fingerprint density at radius 3 is 2.71 bits per heavy atom. The van der Waals surface area contributed by atoms with Gasteiger partial charge in [-0.05, 0) is 64.7 Å². The van der Waals surface area contributed by atoms with Gasteiger partial charge in [-0.15, -0.1) is 0 Å². The maximum Gasteiger partial charge on any atom is 0.246 e. The first kappa shape index (κ1) is 30.7. The number of hydrogen-bond acceptors (Lipinski definition) is 7. The number of likely N-dealkylation sites (tertiary alicyclic amines) is 1. The number of ether oxygens (including phenoxy) is 2. The molecule has 1 amide bonds. The number of nitrogens with zero attached hydrogens (tertiary/aromatic N) is 6. The third kappa shape index (κ3) is 4.91. The fourth-order valence-electron chi connectivity index (χ4n) is 8.43. The van der Waals surface area contributed by atoms with Gasteiger partial charge in [-0.25, -0.2) is 0 Å². The molecule has 3 aliphatic heterocycles. The summed E-state index contributed by atoms with van der Waals surface area (Å²) in [7, 11) is 0. The Morgan fingerprint density at radius 1 is 1.22 bits per heavy atom. The molecule has 1 N–H and O–H groups in total. The molecule has 11 heteroatoms. The lowest BCUT2D eigenvalue weighted by atomic mass is 9.56. The molecule has 0 bridgehead atoms. The molecule has 0 radical (unpaired) electrons. The molecule has 7 rings (SSSR count). The summed E-state index contributed by atoms with van der Waals surface area (Å²) >= 11 is 7.20. The Kier molecular flexibility index (Phi) is 7.78. The zero-order chi connectivity index (χ0) is 31.7. The van der Waals surface area contributed by atoms with Crippen molar-refractivity contribution in [2.75, 3.05) is 57.4 Å². The predicted molar refractivity (Wildman–Crippen MR) is 177 cm³/mol. The highest BCUT2D eigenvalue weighted by molar-refractivity contribution is 6.36. The monoisotopic (exact) mass is 635 g/mol. The zero-order valence-electron chi connectivity index (χ0n) is 27.2. The summed E-state index contributed by atoms with van der Waals surface area (Å²) in [5, 5.41) is 14.8. The van der Waals surface area contributed by atoms with Gasteiger partial charge >= 0.3 is 0 Å². The lowest BCUT2D eigenvalue weighted by Gasteiger charge is -2.63. The van der Waals surface area contributed by atoms with Crippen LogP contribution in [0.3, 0.4) is 0 Å². The number of amides is 1. The number of carbonyl (C=O) groups is 1. The highest BCUT2D eigenvalue weighted by Gasteiger charge is 2.59. The number of nitrogens with one attached hydrogen (secondary N) is 1. The van der Waals surface area contributed by atoms with Crippen molar-refractivity contribution in [1.29, 1.82) is 0 Å². The molecule has 3 saturated heterocycles. The summed E-state index contributed by atoms with van der Waals surface area (Å²) in [5.41, 5.74) is 5.21. The van der Waals surface area contributed by atoms with E-state index in [9.17, 15) is 4.79 Å². The molecule has 1 aromatic carbocycles. The fraction of sp³-hybridized carbons (Fsp3) is 0.618. The molecule has 0 unspecified atom stereocenters. The predicted octanol–water partition coefficient (Wildman–Crippen LogP) is 5.14. The molecule has 242 valence electrons. The van der Waals surface area contributed by atoms with Crippen LogP contribution in [0.4, 0.5) is 5.82 Å². The second-order valence-electron chi connectivity index (χ2n) is 14.0. The minimum Gasteiger partial charge on any atom is -0.376 e. The number of fused-ring (bicyclic) bond motifs is 1.